The van der Waals surface area contributed by atoms with E-state index in [1.165, 1.54) is 29.6 Å². The first-order chi connectivity index (χ1) is 12.5. The number of halogens is 1. The topological polar surface area (TPSA) is 70.7 Å². The summed E-state index contributed by atoms with van der Waals surface area (Å²) in [5.41, 5.74) is 0.495. The standard InChI is InChI=1S/C17H24ClN3O3S2/c18-15-7-6-14(26(22,23)21-8-10-24-11-9-21)12-16(15)20-17(25)19-13-4-2-1-3-5-13/h6-7,12-13H,1-5,8-11H2,(H2,19,20,25). The van der Waals surface area contributed by atoms with Gasteiger partial charge in [-0.3, -0.25) is 0 Å². The number of hydrogen-bond acceptors (Lipinski definition) is 4. The van der Waals surface area contributed by atoms with Crippen molar-refractivity contribution >= 4 is 44.6 Å². The molecule has 1 saturated heterocycles. The quantitative estimate of drug-likeness (QED) is 0.734. The predicted octanol–water partition coefficient (Wildman–Crippen LogP) is 2.98. The predicted molar refractivity (Wildman–Crippen MR) is 107 cm³/mol. The lowest BCUT2D eigenvalue weighted by Gasteiger charge is -2.26. The van der Waals surface area contributed by atoms with Crippen LogP contribution in [0.1, 0.15) is 32.1 Å². The summed E-state index contributed by atoms with van der Waals surface area (Å²) in [6.07, 6.45) is 5.87. The monoisotopic (exact) mass is 417 g/mol. The number of nitrogens with zero attached hydrogens (tertiary/aromatic N) is 1. The molecule has 1 heterocycles. The van der Waals surface area contributed by atoms with Crippen LogP contribution in [0.2, 0.25) is 5.02 Å². The third-order valence-corrected chi connectivity index (χ3v) is 7.18. The summed E-state index contributed by atoms with van der Waals surface area (Å²) >= 11 is 11.6. The third-order valence-electron chi connectivity index (χ3n) is 4.73. The molecule has 1 saturated carbocycles. The van der Waals surface area contributed by atoms with Crippen molar-refractivity contribution in [2.75, 3.05) is 31.6 Å². The molecule has 2 aliphatic rings. The van der Waals surface area contributed by atoms with Crippen LogP contribution in [-0.4, -0.2) is 50.2 Å². The second kappa shape index (κ2) is 8.84. The first kappa shape index (κ1) is 19.8. The van der Waals surface area contributed by atoms with Crippen molar-refractivity contribution in [2.24, 2.45) is 0 Å². The van der Waals surface area contributed by atoms with Crippen molar-refractivity contribution in [3.05, 3.63) is 23.2 Å². The van der Waals surface area contributed by atoms with Gasteiger partial charge in [0.1, 0.15) is 0 Å². The molecule has 1 aromatic carbocycles. The molecule has 1 aliphatic heterocycles. The number of morpholine rings is 1. The van der Waals surface area contributed by atoms with E-state index in [-0.39, 0.29) is 4.90 Å². The van der Waals surface area contributed by atoms with Crippen LogP contribution in [0.5, 0.6) is 0 Å². The first-order valence-electron chi connectivity index (χ1n) is 8.92. The molecule has 2 N–H and O–H groups in total. The first-order valence-corrected chi connectivity index (χ1v) is 11.1. The van der Waals surface area contributed by atoms with Crippen molar-refractivity contribution in [1.29, 1.82) is 0 Å². The lowest BCUT2D eigenvalue weighted by molar-refractivity contribution is 0.0730. The Kier molecular flexibility index (Phi) is 6.74. The Bertz CT molecular complexity index is 746. The Balaban J connectivity index is 1.71. The molecule has 2 fully saturated rings. The number of anilines is 1. The van der Waals surface area contributed by atoms with Crippen LogP contribution >= 0.6 is 23.8 Å². The van der Waals surface area contributed by atoms with Crippen molar-refractivity contribution in [2.45, 2.75) is 43.0 Å². The molecule has 0 spiro atoms. The molecule has 0 bridgehead atoms. The number of rotatable bonds is 4. The fourth-order valence-electron chi connectivity index (χ4n) is 3.29. The number of thiocarbonyl (C=S) groups is 1. The Morgan fingerprint density at radius 3 is 2.58 bits per heavy atom. The SMILES string of the molecule is O=S(=O)(c1ccc(Cl)c(NC(=S)NC2CCCCC2)c1)N1CCOCC1. The normalized spacial score (nSPS) is 19.9. The average Bonchev–Trinajstić information content (AvgIpc) is 2.65. The summed E-state index contributed by atoms with van der Waals surface area (Å²) in [5.74, 6) is 0. The zero-order valence-corrected chi connectivity index (χ0v) is 16.9. The van der Waals surface area contributed by atoms with Gasteiger partial charge in [0.05, 0.1) is 28.8 Å². The van der Waals surface area contributed by atoms with Gasteiger partial charge in [-0.2, -0.15) is 4.31 Å². The summed E-state index contributed by atoms with van der Waals surface area (Å²) in [7, 11) is -3.57. The maximum absolute atomic E-state index is 12.8. The highest BCUT2D eigenvalue weighted by molar-refractivity contribution is 7.89. The highest BCUT2D eigenvalue weighted by atomic mass is 35.5. The summed E-state index contributed by atoms with van der Waals surface area (Å²) < 4.78 is 32.3. The van der Waals surface area contributed by atoms with E-state index in [9.17, 15) is 8.42 Å². The fourth-order valence-corrected chi connectivity index (χ4v) is 5.16. The van der Waals surface area contributed by atoms with Gasteiger partial charge < -0.3 is 15.4 Å². The van der Waals surface area contributed by atoms with Crippen molar-refractivity contribution in [3.8, 4) is 0 Å². The Morgan fingerprint density at radius 1 is 1.19 bits per heavy atom. The minimum absolute atomic E-state index is 0.201. The van der Waals surface area contributed by atoms with E-state index in [1.807, 2.05) is 0 Å². The van der Waals surface area contributed by atoms with Crippen LogP contribution in [0.4, 0.5) is 5.69 Å². The van der Waals surface area contributed by atoms with Crippen LogP contribution in [0.3, 0.4) is 0 Å². The van der Waals surface area contributed by atoms with Gasteiger partial charge in [-0.1, -0.05) is 30.9 Å². The molecule has 1 aromatic rings. The van der Waals surface area contributed by atoms with E-state index in [4.69, 9.17) is 28.6 Å². The molecule has 3 rings (SSSR count). The molecule has 26 heavy (non-hydrogen) atoms. The summed E-state index contributed by atoms with van der Waals surface area (Å²) in [6, 6.07) is 5.01. The molecular weight excluding hydrogens is 394 g/mol. The van der Waals surface area contributed by atoms with Gasteiger partial charge in [0.2, 0.25) is 10.0 Å². The Hall–Kier alpha value is -0.930. The minimum Gasteiger partial charge on any atom is -0.379 e. The Morgan fingerprint density at radius 2 is 1.88 bits per heavy atom. The molecule has 0 unspecified atom stereocenters. The average molecular weight is 418 g/mol. The molecule has 6 nitrogen and oxygen atoms in total. The molecule has 0 amide bonds. The third kappa shape index (κ3) is 4.86. The zero-order valence-electron chi connectivity index (χ0n) is 14.5. The van der Waals surface area contributed by atoms with Crippen LogP contribution in [0.15, 0.2) is 23.1 Å². The van der Waals surface area contributed by atoms with Crippen molar-refractivity contribution in [1.82, 2.24) is 9.62 Å². The van der Waals surface area contributed by atoms with Gasteiger partial charge in [-0.15, -0.1) is 0 Å². The molecule has 1 aliphatic carbocycles. The van der Waals surface area contributed by atoms with Gasteiger partial charge in [-0.25, -0.2) is 8.42 Å². The van der Waals surface area contributed by atoms with Crippen LogP contribution in [0, 0.1) is 0 Å². The van der Waals surface area contributed by atoms with E-state index in [1.54, 1.807) is 12.1 Å². The molecule has 0 atom stereocenters. The van der Waals surface area contributed by atoms with Crippen molar-refractivity contribution in [3.63, 3.8) is 0 Å². The number of ether oxygens (including phenoxy) is 1. The van der Waals surface area contributed by atoms with Crippen LogP contribution in [0.25, 0.3) is 0 Å². The highest BCUT2D eigenvalue weighted by Crippen LogP contribution is 2.27. The second-order valence-electron chi connectivity index (χ2n) is 6.59. The number of hydrogen-bond donors (Lipinski definition) is 2. The highest BCUT2D eigenvalue weighted by Gasteiger charge is 2.27. The maximum atomic E-state index is 12.8. The van der Waals surface area contributed by atoms with Crippen molar-refractivity contribution < 1.29 is 13.2 Å². The van der Waals surface area contributed by atoms with E-state index in [0.717, 1.165) is 12.8 Å². The molecule has 9 heteroatoms. The summed E-state index contributed by atoms with van der Waals surface area (Å²) in [6.45, 7) is 1.53. The minimum atomic E-state index is -3.57. The molecule has 144 valence electrons. The number of benzene rings is 1. The largest absolute Gasteiger partial charge is 0.379 e. The van der Waals surface area contributed by atoms with Gasteiger partial charge >= 0.3 is 0 Å². The van der Waals surface area contributed by atoms with E-state index in [2.05, 4.69) is 10.6 Å². The smallest absolute Gasteiger partial charge is 0.243 e. The van der Waals surface area contributed by atoms with Gasteiger partial charge in [-0.05, 0) is 43.3 Å². The van der Waals surface area contributed by atoms with Gasteiger partial charge in [0.25, 0.3) is 0 Å². The van der Waals surface area contributed by atoms with Crippen LogP contribution < -0.4 is 10.6 Å². The van der Waals surface area contributed by atoms with E-state index >= 15 is 0 Å². The maximum Gasteiger partial charge on any atom is 0.243 e. The summed E-state index contributed by atoms with van der Waals surface area (Å²) in [4.78, 5) is 0.201. The van der Waals surface area contributed by atoms with Gasteiger partial charge in [0, 0.05) is 19.1 Å². The van der Waals surface area contributed by atoms with E-state index in [0.29, 0.717) is 48.2 Å². The number of nitrogens with one attached hydrogen (secondary N) is 2. The molecule has 0 radical (unpaired) electrons. The lowest BCUT2D eigenvalue weighted by Crippen LogP contribution is -2.40. The number of sulfonamides is 1. The lowest BCUT2D eigenvalue weighted by atomic mass is 9.96. The van der Waals surface area contributed by atoms with E-state index < -0.39 is 10.0 Å². The molecule has 0 aromatic heterocycles. The Labute approximate surface area is 165 Å². The second-order valence-corrected chi connectivity index (χ2v) is 9.34. The van der Waals surface area contributed by atoms with Gasteiger partial charge in [0.15, 0.2) is 5.11 Å². The van der Waals surface area contributed by atoms with Crippen LogP contribution in [-0.2, 0) is 14.8 Å². The summed E-state index contributed by atoms with van der Waals surface area (Å²) in [5, 5.41) is 7.26. The zero-order chi connectivity index (χ0) is 18.6. The molecular formula is C17H24ClN3O3S2. The fraction of sp³-hybridized carbons (Fsp3) is 0.588.